The van der Waals surface area contributed by atoms with E-state index in [4.69, 9.17) is 0 Å². The molecule has 0 aromatic heterocycles. The molecule has 5 aliphatic carbocycles. The molecular formula is C30H49NO3. The fourth-order valence-corrected chi connectivity index (χ4v) is 10.7. The van der Waals surface area contributed by atoms with Crippen molar-refractivity contribution >= 4 is 5.91 Å². The van der Waals surface area contributed by atoms with Crippen LogP contribution >= 0.6 is 0 Å². The summed E-state index contributed by atoms with van der Waals surface area (Å²) in [6.07, 6.45) is 12.7. The number of carbonyl (C=O) groups excluding carboxylic acids is 1. The van der Waals surface area contributed by atoms with Gasteiger partial charge in [-0.3, -0.25) is 10.0 Å². The Labute approximate surface area is 207 Å². The molecule has 34 heavy (non-hydrogen) atoms. The van der Waals surface area contributed by atoms with Gasteiger partial charge in [0.15, 0.2) is 0 Å². The number of hydroxylamine groups is 1. The Morgan fingerprint density at radius 3 is 2.26 bits per heavy atom. The minimum atomic E-state index is -0.461. The number of amides is 1. The molecule has 0 heterocycles. The summed E-state index contributed by atoms with van der Waals surface area (Å²) in [5.74, 6) is 1.23. The summed E-state index contributed by atoms with van der Waals surface area (Å²) in [5, 5.41) is 20.6. The normalized spacial score (nSPS) is 51.1. The van der Waals surface area contributed by atoms with Crippen molar-refractivity contribution in [3.63, 3.8) is 0 Å². The van der Waals surface area contributed by atoms with Gasteiger partial charge in [0.05, 0.1) is 11.5 Å². The van der Waals surface area contributed by atoms with Gasteiger partial charge in [0.1, 0.15) is 0 Å². The van der Waals surface area contributed by atoms with Crippen LogP contribution in [0, 0.1) is 50.2 Å². The molecule has 5 rings (SSSR count). The molecule has 0 spiro atoms. The smallest absolute Gasteiger partial charge is 0.250 e. The number of allylic oxidation sites excluding steroid dienone is 2. The molecule has 0 radical (unpaired) electrons. The Kier molecular flexibility index (Phi) is 5.36. The van der Waals surface area contributed by atoms with Gasteiger partial charge in [-0.15, -0.1) is 0 Å². The number of aliphatic hydroxyl groups is 1. The van der Waals surface area contributed by atoms with Crippen molar-refractivity contribution in [1.82, 2.24) is 5.48 Å². The molecule has 4 saturated carbocycles. The number of hydrogen-bond acceptors (Lipinski definition) is 3. The van der Waals surface area contributed by atoms with Crippen LogP contribution in [0.15, 0.2) is 11.6 Å². The Morgan fingerprint density at radius 1 is 0.912 bits per heavy atom. The van der Waals surface area contributed by atoms with Crippen LogP contribution in [0.3, 0.4) is 0 Å². The van der Waals surface area contributed by atoms with Gasteiger partial charge in [-0.1, -0.05) is 60.1 Å². The van der Waals surface area contributed by atoms with Crippen LogP contribution in [0.2, 0.25) is 0 Å². The third-order valence-electron chi connectivity index (χ3n) is 13.2. The molecule has 0 aromatic carbocycles. The van der Waals surface area contributed by atoms with Crippen molar-refractivity contribution < 1.29 is 15.1 Å². The predicted octanol–water partition coefficient (Wildman–Crippen LogP) is 6.65. The minimum Gasteiger partial charge on any atom is -0.393 e. The molecule has 4 fully saturated rings. The van der Waals surface area contributed by atoms with Crippen LogP contribution in [0.5, 0.6) is 0 Å². The topological polar surface area (TPSA) is 69.6 Å². The maximum absolute atomic E-state index is 13.2. The maximum atomic E-state index is 13.2. The quantitative estimate of drug-likeness (QED) is 0.228. The van der Waals surface area contributed by atoms with Crippen molar-refractivity contribution in [2.75, 3.05) is 0 Å². The highest BCUT2D eigenvalue weighted by molar-refractivity contribution is 5.83. The first-order chi connectivity index (χ1) is 15.7. The van der Waals surface area contributed by atoms with Gasteiger partial charge in [0.25, 0.3) is 0 Å². The summed E-state index contributed by atoms with van der Waals surface area (Å²) in [4.78, 5) is 13.2. The van der Waals surface area contributed by atoms with E-state index >= 15 is 0 Å². The lowest BCUT2D eigenvalue weighted by molar-refractivity contribution is -0.204. The zero-order valence-electron chi connectivity index (χ0n) is 22.8. The Bertz CT molecular complexity index is 907. The van der Waals surface area contributed by atoms with E-state index in [2.05, 4.69) is 60.0 Å². The van der Waals surface area contributed by atoms with Crippen LogP contribution in [-0.2, 0) is 4.79 Å². The highest BCUT2D eigenvalue weighted by atomic mass is 16.5. The van der Waals surface area contributed by atoms with E-state index in [9.17, 15) is 15.1 Å². The van der Waals surface area contributed by atoms with Crippen LogP contribution in [0.25, 0.3) is 0 Å². The molecule has 3 N–H and O–H groups in total. The van der Waals surface area contributed by atoms with Gasteiger partial charge >= 0.3 is 0 Å². The Hall–Kier alpha value is -0.870. The van der Waals surface area contributed by atoms with Crippen molar-refractivity contribution in [1.29, 1.82) is 0 Å². The van der Waals surface area contributed by atoms with E-state index in [1.165, 1.54) is 18.4 Å². The van der Waals surface area contributed by atoms with Crippen LogP contribution in [0.4, 0.5) is 0 Å². The molecule has 0 bridgehead atoms. The summed E-state index contributed by atoms with van der Waals surface area (Å²) < 4.78 is 0. The lowest BCUT2D eigenvalue weighted by Gasteiger charge is -2.71. The monoisotopic (exact) mass is 471 g/mol. The number of aliphatic hydroxyl groups excluding tert-OH is 1. The molecule has 4 nitrogen and oxygen atoms in total. The van der Waals surface area contributed by atoms with E-state index in [0.29, 0.717) is 11.8 Å². The second-order valence-electron chi connectivity index (χ2n) is 15.2. The Balaban J connectivity index is 1.60. The van der Waals surface area contributed by atoms with Gasteiger partial charge < -0.3 is 5.11 Å². The number of nitrogens with one attached hydrogen (secondary N) is 1. The van der Waals surface area contributed by atoms with Gasteiger partial charge in [-0.2, -0.15) is 0 Å². The van der Waals surface area contributed by atoms with E-state index < -0.39 is 5.41 Å². The number of hydrogen-bond donors (Lipinski definition) is 3. The predicted molar refractivity (Wildman–Crippen MR) is 135 cm³/mol. The second-order valence-corrected chi connectivity index (χ2v) is 15.2. The summed E-state index contributed by atoms with van der Waals surface area (Å²) in [5.41, 5.74) is 3.87. The average Bonchev–Trinajstić information content (AvgIpc) is 2.76. The second kappa shape index (κ2) is 7.34. The average molecular weight is 472 g/mol. The highest BCUT2D eigenvalue weighted by Gasteiger charge is 2.69. The van der Waals surface area contributed by atoms with Crippen molar-refractivity contribution in [2.24, 2.45) is 50.2 Å². The number of fused-ring (bicyclic) bond motifs is 7. The molecule has 0 aromatic rings. The molecule has 0 unspecified atom stereocenters. The van der Waals surface area contributed by atoms with Crippen LogP contribution in [0.1, 0.15) is 113 Å². The molecule has 5 aliphatic rings. The van der Waals surface area contributed by atoms with Crippen LogP contribution < -0.4 is 5.48 Å². The fourth-order valence-electron chi connectivity index (χ4n) is 10.7. The highest BCUT2D eigenvalue weighted by Crippen LogP contribution is 2.75. The standard InChI is InChI=1S/C30H49NO3/c1-25(2)14-16-30(24(33)31-34)17-15-28(6)19(20(30)18-25)8-9-22-27(5)12-11-23(32)26(3,4)21(27)10-13-29(22,28)7/h8,20-23,32,34H,9-18H2,1-7H3,(H,31,33)/t20-,21-,22+,23-,27-,28+,29+,30-/m0/s1. The van der Waals surface area contributed by atoms with Gasteiger partial charge in [-0.05, 0) is 109 Å². The molecule has 192 valence electrons. The van der Waals surface area contributed by atoms with Crippen molar-refractivity contribution in [3.8, 4) is 0 Å². The van der Waals surface area contributed by atoms with Crippen LogP contribution in [-0.4, -0.2) is 22.3 Å². The third-order valence-corrected chi connectivity index (χ3v) is 13.2. The van der Waals surface area contributed by atoms with Crippen molar-refractivity contribution in [2.45, 2.75) is 119 Å². The minimum absolute atomic E-state index is 0.0342. The molecular weight excluding hydrogens is 422 g/mol. The van der Waals surface area contributed by atoms with Crippen molar-refractivity contribution in [3.05, 3.63) is 11.6 Å². The third kappa shape index (κ3) is 2.93. The lowest BCUT2D eigenvalue weighted by atomic mass is 9.33. The van der Waals surface area contributed by atoms with Gasteiger partial charge in [-0.25, -0.2) is 5.48 Å². The van der Waals surface area contributed by atoms with E-state index in [-0.39, 0.29) is 45.0 Å². The zero-order chi connectivity index (χ0) is 24.9. The van der Waals surface area contributed by atoms with Gasteiger partial charge in [0.2, 0.25) is 5.91 Å². The molecule has 4 heteroatoms. The maximum Gasteiger partial charge on any atom is 0.250 e. The van der Waals surface area contributed by atoms with E-state index in [0.717, 1.165) is 51.4 Å². The summed E-state index contributed by atoms with van der Waals surface area (Å²) in [6.45, 7) is 17.0. The number of carbonyl (C=O) groups is 1. The first-order valence-corrected chi connectivity index (χ1v) is 14.0. The first kappa shape index (κ1) is 24.8. The molecule has 8 atom stereocenters. The summed E-state index contributed by atoms with van der Waals surface area (Å²) in [6, 6.07) is 0. The summed E-state index contributed by atoms with van der Waals surface area (Å²) >= 11 is 0. The molecule has 0 saturated heterocycles. The molecule has 1 amide bonds. The lowest BCUT2D eigenvalue weighted by Crippen LogP contribution is -2.65. The van der Waals surface area contributed by atoms with E-state index in [1.54, 1.807) is 0 Å². The first-order valence-electron chi connectivity index (χ1n) is 14.0. The van der Waals surface area contributed by atoms with Gasteiger partial charge in [0, 0.05) is 0 Å². The number of rotatable bonds is 1. The largest absolute Gasteiger partial charge is 0.393 e. The summed E-state index contributed by atoms with van der Waals surface area (Å²) in [7, 11) is 0. The fraction of sp³-hybridized carbons (Fsp3) is 0.900. The SMILES string of the molecule is CC1(C)CC[C@]2(C(=O)NO)CC[C@]3(C)C(=CC[C@@H]4[C@@]5(C)CC[C@H](O)C(C)(C)[C@@H]5CC[C@]43C)[C@@H]2C1. The molecule has 0 aliphatic heterocycles. The Morgan fingerprint density at radius 2 is 1.59 bits per heavy atom. The van der Waals surface area contributed by atoms with E-state index in [1.807, 2.05) is 0 Å². The zero-order valence-corrected chi connectivity index (χ0v) is 22.8.